The van der Waals surface area contributed by atoms with Gasteiger partial charge in [-0.05, 0) is 73.9 Å². The Morgan fingerprint density at radius 3 is 2.58 bits per heavy atom. The van der Waals surface area contributed by atoms with E-state index in [2.05, 4.69) is 55.7 Å². The zero-order valence-electron chi connectivity index (χ0n) is 18.7. The molecule has 0 saturated heterocycles. The van der Waals surface area contributed by atoms with Crippen molar-refractivity contribution in [3.8, 4) is 11.5 Å². The molecule has 4 rings (SSSR count). The van der Waals surface area contributed by atoms with Crippen molar-refractivity contribution in [1.29, 1.82) is 0 Å². The van der Waals surface area contributed by atoms with Crippen molar-refractivity contribution in [2.45, 2.75) is 51.9 Å². The third kappa shape index (κ3) is 4.30. The van der Waals surface area contributed by atoms with Crippen LogP contribution < -0.4 is 10.2 Å². The second-order valence-electron chi connectivity index (χ2n) is 8.81. The molecule has 0 atom stereocenters. The summed E-state index contributed by atoms with van der Waals surface area (Å²) >= 11 is 1.56. The Morgan fingerprint density at radius 2 is 1.90 bits per heavy atom. The van der Waals surface area contributed by atoms with Gasteiger partial charge in [0, 0.05) is 16.9 Å². The van der Waals surface area contributed by atoms with Crippen molar-refractivity contribution in [2.75, 3.05) is 12.5 Å². The van der Waals surface area contributed by atoms with Crippen LogP contribution in [0.3, 0.4) is 0 Å². The van der Waals surface area contributed by atoms with Crippen molar-refractivity contribution in [2.24, 2.45) is 5.10 Å². The number of rotatable bonds is 6. The van der Waals surface area contributed by atoms with Gasteiger partial charge < -0.3 is 9.84 Å². The Bertz CT molecular complexity index is 1110. The fraction of sp³-hybridized carbons (Fsp3) is 0.360. The molecule has 1 aromatic heterocycles. The maximum atomic E-state index is 9.95. The number of nitrogens with one attached hydrogen (secondary N) is 1. The van der Waals surface area contributed by atoms with Crippen molar-refractivity contribution in [3.05, 3.63) is 69.2 Å². The van der Waals surface area contributed by atoms with E-state index in [1.54, 1.807) is 42.9 Å². The molecule has 1 saturated carbocycles. The van der Waals surface area contributed by atoms with Crippen molar-refractivity contribution in [1.82, 2.24) is 4.98 Å². The van der Waals surface area contributed by atoms with E-state index in [1.807, 2.05) is 0 Å². The summed E-state index contributed by atoms with van der Waals surface area (Å²) in [5.41, 5.74) is 10.5. The Balaban J connectivity index is 1.41. The average molecular weight is 436 g/mol. The highest BCUT2D eigenvalue weighted by Crippen LogP contribution is 2.54. The van der Waals surface area contributed by atoms with E-state index in [0.29, 0.717) is 17.2 Å². The molecule has 0 amide bonds. The third-order valence-electron chi connectivity index (χ3n) is 6.21. The molecule has 6 heteroatoms. The van der Waals surface area contributed by atoms with Crippen LogP contribution in [0, 0.1) is 20.8 Å². The average Bonchev–Trinajstić information content (AvgIpc) is 3.15. The molecule has 3 aromatic rings. The van der Waals surface area contributed by atoms with Gasteiger partial charge in [-0.3, -0.25) is 5.43 Å². The summed E-state index contributed by atoms with van der Waals surface area (Å²) in [6.45, 7) is 9.01. The first-order valence-corrected chi connectivity index (χ1v) is 11.4. The normalized spacial score (nSPS) is 20.6. The summed E-state index contributed by atoms with van der Waals surface area (Å²) < 4.78 is 5.19. The highest BCUT2D eigenvalue weighted by Gasteiger charge is 2.44. The van der Waals surface area contributed by atoms with Gasteiger partial charge in [0.2, 0.25) is 5.13 Å². The van der Waals surface area contributed by atoms with Gasteiger partial charge in [-0.2, -0.15) is 5.10 Å². The van der Waals surface area contributed by atoms with Gasteiger partial charge in [0.25, 0.3) is 0 Å². The highest BCUT2D eigenvalue weighted by atomic mass is 32.1. The number of ether oxygens (including phenoxy) is 1. The number of thiazole rings is 1. The molecule has 0 spiro atoms. The number of phenols is 1. The molecule has 0 bridgehead atoms. The van der Waals surface area contributed by atoms with Crippen LogP contribution in [0.4, 0.5) is 5.13 Å². The number of anilines is 1. The summed E-state index contributed by atoms with van der Waals surface area (Å²) in [5.74, 6) is 1.30. The smallest absolute Gasteiger partial charge is 0.203 e. The van der Waals surface area contributed by atoms with Gasteiger partial charge >= 0.3 is 0 Å². The Kier molecular flexibility index (Phi) is 5.75. The monoisotopic (exact) mass is 435 g/mol. The molecule has 5 nitrogen and oxygen atoms in total. The Hall–Kier alpha value is -2.86. The fourth-order valence-electron chi connectivity index (χ4n) is 5.02. The molecule has 31 heavy (non-hydrogen) atoms. The fourth-order valence-corrected chi connectivity index (χ4v) is 5.76. The molecule has 1 fully saturated rings. The minimum atomic E-state index is 0.154. The van der Waals surface area contributed by atoms with Gasteiger partial charge in [0.05, 0.1) is 19.0 Å². The van der Waals surface area contributed by atoms with Crippen LogP contribution in [0.1, 0.15) is 59.2 Å². The van der Waals surface area contributed by atoms with E-state index in [0.717, 1.165) is 23.7 Å². The quantitative estimate of drug-likeness (QED) is 0.365. The summed E-state index contributed by atoms with van der Waals surface area (Å²) in [5, 5.41) is 17.1. The van der Waals surface area contributed by atoms with E-state index in [-0.39, 0.29) is 11.2 Å². The van der Waals surface area contributed by atoms with E-state index >= 15 is 0 Å². The lowest BCUT2D eigenvalue weighted by molar-refractivity contribution is 0.220. The second-order valence-corrected chi connectivity index (χ2v) is 9.67. The van der Waals surface area contributed by atoms with Gasteiger partial charge in [0.1, 0.15) is 11.5 Å². The standard InChI is InChI=1S/C25H29N3O2S/c1-15-8-16(2)23(17(3)9-15)25(4)11-19(12-25)21-14-31-24(27-21)28-26-13-18-10-20(30-5)6-7-22(18)29/h6-10,13-14,19,29H,11-12H2,1-5H3,(H,27,28)/b26-13+. The predicted molar refractivity (Wildman–Crippen MR) is 128 cm³/mol. The summed E-state index contributed by atoms with van der Waals surface area (Å²) in [4.78, 5) is 4.74. The Labute approximate surface area is 187 Å². The zero-order valence-corrected chi connectivity index (χ0v) is 19.5. The molecule has 1 heterocycles. The van der Waals surface area contributed by atoms with Crippen LogP contribution in [-0.2, 0) is 5.41 Å². The topological polar surface area (TPSA) is 66.7 Å². The lowest BCUT2D eigenvalue weighted by atomic mass is 9.57. The third-order valence-corrected chi connectivity index (χ3v) is 6.98. The van der Waals surface area contributed by atoms with Gasteiger partial charge in [-0.1, -0.05) is 24.6 Å². The number of phenolic OH excluding ortho intramolecular Hbond substituents is 1. The van der Waals surface area contributed by atoms with Gasteiger partial charge in [0.15, 0.2) is 0 Å². The van der Waals surface area contributed by atoms with E-state index in [1.165, 1.54) is 22.3 Å². The first-order chi connectivity index (χ1) is 14.8. The lowest BCUT2D eigenvalue weighted by Crippen LogP contribution is -2.38. The summed E-state index contributed by atoms with van der Waals surface area (Å²) in [6, 6.07) is 9.62. The number of aryl methyl sites for hydroxylation is 3. The number of aromatic hydroxyl groups is 1. The number of aromatic nitrogens is 1. The molecule has 2 N–H and O–H groups in total. The van der Waals surface area contributed by atoms with Crippen LogP contribution in [0.15, 0.2) is 40.8 Å². The molecular weight excluding hydrogens is 406 g/mol. The largest absolute Gasteiger partial charge is 0.507 e. The van der Waals surface area contributed by atoms with Crippen LogP contribution in [0.5, 0.6) is 11.5 Å². The van der Waals surface area contributed by atoms with E-state index in [4.69, 9.17) is 9.72 Å². The molecule has 0 unspecified atom stereocenters. The van der Waals surface area contributed by atoms with Gasteiger partial charge in [-0.15, -0.1) is 11.3 Å². The number of hydrazone groups is 1. The molecule has 0 aliphatic heterocycles. The maximum absolute atomic E-state index is 9.95. The minimum absolute atomic E-state index is 0.154. The molecule has 1 aliphatic rings. The molecule has 0 radical (unpaired) electrons. The number of hydrogen-bond donors (Lipinski definition) is 2. The minimum Gasteiger partial charge on any atom is -0.507 e. The van der Waals surface area contributed by atoms with Crippen LogP contribution in [0.25, 0.3) is 0 Å². The molecule has 162 valence electrons. The van der Waals surface area contributed by atoms with Crippen molar-refractivity contribution < 1.29 is 9.84 Å². The second kappa shape index (κ2) is 8.35. The first-order valence-electron chi connectivity index (χ1n) is 10.5. The van der Waals surface area contributed by atoms with Crippen LogP contribution in [-0.4, -0.2) is 23.4 Å². The van der Waals surface area contributed by atoms with E-state index in [9.17, 15) is 5.11 Å². The number of nitrogens with zero attached hydrogens (tertiary/aromatic N) is 2. The maximum Gasteiger partial charge on any atom is 0.203 e. The zero-order chi connectivity index (χ0) is 22.2. The molecule has 2 aromatic carbocycles. The summed E-state index contributed by atoms with van der Waals surface area (Å²) in [7, 11) is 1.59. The van der Waals surface area contributed by atoms with Crippen molar-refractivity contribution >= 4 is 22.7 Å². The number of hydrogen-bond acceptors (Lipinski definition) is 6. The Morgan fingerprint density at radius 1 is 1.19 bits per heavy atom. The van der Waals surface area contributed by atoms with Crippen LogP contribution >= 0.6 is 11.3 Å². The highest BCUT2D eigenvalue weighted by molar-refractivity contribution is 7.13. The summed E-state index contributed by atoms with van der Waals surface area (Å²) in [6.07, 6.45) is 3.80. The number of benzene rings is 2. The van der Waals surface area contributed by atoms with Crippen LogP contribution in [0.2, 0.25) is 0 Å². The van der Waals surface area contributed by atoms with Gasteiger partial charge in [-0.25, -0.2) is 4.98 Å². The number of methoxy groups -OCH3 is 1. The van der Waals surface area contributed by atoms with E-state index < -0.39 is 0 Å². The SMILES string of the molecule is COc1ccc(O)c(/C=N/Nc2nc(C3CC(C)(c4c(C)cc(C)cc4C)C3)cs2)c1. The van der Waals surface area contributed by atoms with Crippen molar-refractivity contribution in [3.63, 3.8) is 0 Å². The lowest BCUT2D eigenvalue weighted by Gasteiger charge is -2.47. The first kappa shape index (κ1) is 21.4. The molecular formula is C25H29N3O2S. The molecule has 1 aliphatic carbocycles. The predicted octanol–water partition coefficient (Wildman–Crippen LogP) is 6.06.